The van der Waals surface area contributed by atoms with E-state index in [1.165, 1.54) is 38.5 Å². The first kappa shape index (κ1) is 11.6. The number of nitrogens with zero attached hydrogens (tertiary/aromatic N) is 1. The fourth-order valence-electron chi connectivity index (χ4n) is 5.15. The average Bonchev–Trinajstić information content (AvgIpc) is 2.66. The summed E-state index contributed by atoms with van der Waals surface area (Å²) in [5, 5.41) is 3.93. The lowest BCUT2D eigenvalue weighted by Gasteiger charge is -2.55. The van der Waals surface area contributed by atoms with Crippen molar-refractivity contribution < 1.29 is 4.52 Å². The number of rotatable bonds is 2. The molecule has 102 valence electrons. The third-order valence-electron chi connectivity index (χ3n) is 5.61. The van der Waals surface area contributed by atoms with Gasteiger partial charge < -0.3 is 10.3 Å². The van der Waals surface area contributed by atoms with Gasteiger partial charge in [0.1, 0.15) is 11.4 Å². The van der Waals surface area contributed by atoms with Gasteiger partial charge in [0, 0.05) is 0 Å². The van der Waals surface area contributed by atoms with E-state index in [0.717, 1.165) is 29.2 Å². The van der Waals surface area contributed by atoms with Gasteiger partial charge in [0.15, 0.2) is 5.76 Å². The first-order valence-electron chi connectivity index (χ1n) is 7.54. The van der Waals surface area contributed by atoms with Crippen LogP contribution in [0.1, 0.15) is 50.0 Å². The van der Waals surface area contributed by atoms with Gasteiger partial charge in [-0.05, 0) is 74.7 Å². The molecular formula is C16H22N2O. The van der Waals surface area contributed by atoms with Crippen molar-refractivity contribution in [3.05, 3.63) is 17.5 Å². The molecule has 4 saturated carbocycles. The lowest BCUT2D eigenvalue weighted by atomic mass is 9.49. The molecule has 4 bridgehead atoms. The zero-order valence-corrected chi connectivity index (χ0v) is 11.6. The SMILES string of the molecule is Cc1noc(/C=C/C23CC4CC(CC(C4)C2)C3)c1N. The van der Waals surface area contributed by atoms with E-state index in [-0.39, 0.29) is 0 Å². The molecular weight excluding hydrogens is 236 g/mol. The van der Waals surface area contributed by atoms with Gasteiger partial charge >= 0.3 is 0 Å². The minimum absolute atomic E-state index is 0.432. The summed E-state index contributed by atoms with van der Waals surface area (Å²) >= 11 is 0. The predicted molar refractivity (Wildman–Crippen MR) is 75.3 cm³/mol. The largest absolute Gasteiger partial charge is 0.394 e. The maximum Gasteiger partial charge on any atom is 0.182 e. The molecule has 1 aromatic heterocycles. The Kier molecular flexibility index (Phi) is 2.36. The molecule has 1 aromatic rings. The highest BCUT2D eigenvalue weighted by molar-refractivity contribution is 5.61. The van der Waals surface area contributed by atoms with Crippen LogP contribution in [-0.2, 0) is 0 Å². The summed E-state index contributed by atoms with van der Waals surface area (Å²) in [4.78, 5) is 0. The third-order valence-corrected chi connectivity index (χ3v) is 5.61. The molecule has 0 atom stereocenters. The highest BCUT2D eigenvalue weighted by atomic mass is 16.5. The zero-order chi connectivity index (χ0) is 13.0. The van der Waals surface area contributed by atoms with Crippen LogP contribution in [0.3, 0.4) is 0 Å². The molecule has 0 amide bonds. The van der Waals surface area contributed by atoms with Crippen LogP contribution in [-0.4, -0.2) is 5.16 Å². The lowest BCUT2D eigenvalue weighted by molar-refractivity contribution is -0.0233. The van der Waals surface area contributed by atoms with Gasteiger partial charge in [-0.25, -0.2) is 0 Å². The van der Waals surface area contributed by atoms with Crippen LogP contribution in [0.25, 0.3) is 6.08 Å². The average molecular weight is 258 g/mol. The van der Waals surface area contributed by atoms with Gasteiger partial charge in [-0.15, -0.1) is 0 Å². The molecule has 1 heterocycles. The summed E-state index contributed by atoms with van der Waals surface area (Å²) in [5.74, 6) is 3.67. The smallest absolute Gasteiger partial charge is 0.182 e. The maximum absolute atomic E-state index is 5.97. The molecule has 0 unspecified atom stereocenters. The van der Waals surface area contributed by atoms with Gasteiger partial charge in [0.2, 0.25) is 0 Å². The van der Waals surface area contributed by atoms with Crippen LogP contribution in [0, 0.1) is 30.1 Å². The fraction of sp³-hybridized carbons (Fsp3) is 0.688. The van der Waals surface area contributed by atoms with E-state index in [1.54, 1.807) is 0 Å². The predicted octanol–water partition coefficient (Wildman–Crippen LogP) is 3.79. The minimum Gasteiger partial charge on any atom is -0.394 e. The molecule has 0 radical (unpaired) electrons. The lowest BCUT2D eigenvalue weighted by Crippen LogP contribution is -2.44. The van der Waals surface area contributed by atoms with E-state index in [9.17, 15) is 0 Å². The molecule has 4 aliphatic rings. The molecule has 0 spiro atoms. The number of hydrogen-bond donors (Lipinski definition) is 1. The third kappa shape index (κ3) is 1.82. The first-order valence-corrected chi connectivity index (χ1v) is 7.54. The molecule has 5 rings (SSSR count). The zero-order valence-electron chi connectivity index (χ0n) is 11.6. The number of nitrogens with two attached hydrogens (primary N) is 1. The normalized spacial score (nSPS) is 40.4. The number of allylic oxidation sites excluding steroid dienone is 1. The van der Waals surface area contributed by atoms with Crippen molar-refractivity contribution in [3.8, 4) is 0 Å². The van der Waals surface area contributed by atoms with Gasteiger partial charge in [-0.2, -0.15) is 0 Å². The number of aryl methyl sites for hydroxylation is 1. The molecule has 3 nitrogen and oxygen atoms in total. The summed E-state index contributed by atoms with van der Waals surface area (Å²) in [5.41, 5.74) is 7.90. The second-order valence-corrected chi connectivity index (χ2v) is 7.16. The Bertz CT molecular complexity index is 494. The van der Waals surface area contributed by atoms with Crippen LogP contribution in [0.2, 0.25) is 0 Å². The standard InChI is InChI=1S/C16H22N2O/c1-10-15(17)14(19-18-10)2-3-16-7-11-4-12(8-16)6-13(5-11)9-16/h2-3,11-13H,4-9,17H2,1H3/b3-2+. The fourth-order valence-corrected chi connectivity index (χ4v) is 5.15. The molecule has 3 heteroatoms. The quantitative estimate of drug-likeness (QED) is 0.878. The summed E-state index contributed by atoms with van der Waals surface area (Å²) in [6.45, 7) is 1.89. The van der Waals surface area contributed by atoms with Crippen LogP contribution in [0.15, 0.2) is 10.6 Å². The Morgan fingerprint density at radius 3 is 2.21 bits per heavy atom. The van der Waals surface area contributed by atoms with Gasteiger partial charge in [0.05, 0.1) is 0 Å². The van der Waals surface area contributed by atoms with E-state index in [1.807, 2.05) is 6.92 Å². The Hall–Kier alpha value is -1.25. The number of hydrogen-bond acceptors (Lipinski definition) is 3. The molecule has 0 aliphatic heterocycles. The molecule has 0 saturated heterocycles. The minimum atomic E-state index is 0.432. The number of nitrogen functional groups attached to an aromatic ring is 1. The van der Waals surface area contributed by atoms with Crippen molar-refractivity contribution in [2.75, 3.05) is 5.73 Å². The van der Waals surface area contributed by atoms with Gasteiger partial charge in [-0.3, -0.25) is 0 Å². The molecule has 0 aromatic carbocycles. The summed E-state index contributed by atoms with van der Waals surface area (Å²) < 4.78 is 5.30. The first-order chi connectivity index (χ1) is 9.13. The van der Waals surface area contributed by atoms with E-state index >= 15 is 0 Å². The van der Waals surface area contributed by atoms with Crippen LogP contribution in [0.5, 0.6) is 0 Å². The second-order valence-electron chi connectivity index (χ2n) is 7.16. The molecule has 2 N–H and O–H groups in total. The van der Waals surface area contributed by atoms with Crippen molar-refractivity contribution in [2.24, 2.45) is 23.2 Å². The monoisotopic (exact) mass is 258 g/mol. The van der Waals surface area contributed by atoms with Crippen molar-refractivity contribution in [1.29, 1.82) is 0 Å². The molecule has 19 heavy (non-hydrogen) atoms. The highest BCUT2D eigenvalue weighted by Gasteiger charge is 2.49. The molecule has 4 aliphatic carbocycles. The van der Waals surface area contributed by atoms with Gasteiger partial charge in [0.25, 0.3) is 0 Å². The highest BCUT2D eigenvalue weighted by Crippen LogP contribution is 2.60. The number of anilines is 1. The summed E-state index contributed by atoms with van der Waals surface area (Å²) in [6, 6.07) is 0. The summed E-state index contributed by atoms with van der Waals surface area (Å²) in [7, 11) is 0. The van der Waals surface area contributed by atoms with E-state index in [4.69, 9.17) is 10.3 Å². The van der Waals surface area contributed by atoms with Crippen molar-refractivity contribution >= 4 is 11.8 Å². The van der Waals surface area contributed by atoms with Crippen molar-refractivity contribution in [3.63, 3.8) is 0 Å². The Balaban J connectivity index is 1.61. The second kappa shape index (κ2) is 3.87. The molecule has 4 fully saturated rings. The Morgan fingerprint density at radius 2 is 1.74 bits per heavy atom. The Morgan fingerprint density at radius 1 is 1.16 bits per heavy atom. The van der Waals surface area contributed by atoms with Crippen molar-refractivity contribution in [1.82, 2.24) is 5.16 Å². The number of aromatic nitrogens is 1. The van der Waals surface area contributed by atoms with E-state index in [0.29, 0.717) is 11.1 Å². The maximum atomic E-state index is 5.97. The van der Waals surface area contributed by atoms with Crippen LogP contribution < -0.4 is 5.73 Å². The van der Waals surface area contributed by atoms with E-state index in [2.05, 4.69) is 17.3 Å². The van der Waals surface area contributed by atoms with Gasteiger partial charge in [-0.1, -0.05) is 11.2 Å². The Labute approximate surface area is 114 Å². The van der Waals surface area contributed by atoms with Crippen molar-refractivity contribution in [2.45, 2.75) is 45.4 Å². The van der Waals surface area contributed by atoms with E-state index < -0.39 is 0 Å². The topological polar surface area (TPSA) is 52.0 Å². The van der Waals surface area contributed by atoms with Crippen LogP contribution in [0.4, 0.5) is 5.69 Å². The summed E-state index contributed by atoms with van der Waals surface area (Å²) in [6.07, 6.45) is 13.1. The van der Waals surface area contributed by atoms with Crippen LogP contribution >= 0.6 is 0 Å².